The Morgan fingerprint density at radius 3 is 2.71 bits per heavy atom. The number of aliphatic hydroxyl groups excluding tert-OH is 1. The van der Waals surface area contributed by atoms with Crippen molar-refractivity contribution in [1.29, 1.82) is 0 Å². The summed E-state index contributed by atoms with van der Waals surface area (Å²) >= 11 is 0. The third-order valence-corrected chi connectivity index (χ3v) is 2.58. The molecule has 0 aromatic heterocycles. The van der Waals surface area contributed by atoms with Gasteiger partial charge in [0.05, 0.1) is 5.76 Å². The lowest BCUT2D eigenvalue weighted by atomic mass is 10.1. The second kappa shape index (κ2) is 6.47. The Labute approximate surface area is 86.8 Å². The van der Waals surface area contributed by atoms with Crippen molar-refractivity contribution in [1.82, 2.24) is 0 Å². The van der Waals surface area contributed by atoms with E-state index in [9.17, 15) is 5.11 Å². The van der Waals surface area contributed by atoms with Gasteiger partial charge in [0.15, 0.2) is 0 Å². The van der Waals surface area contributed by atoms with Crippen LogP contribution in [0.5, 0.6) is 0 Å². The molecule has 0 aromatic rings. The van der Waals surface area contributed by atoms with Gasteiger partial charge < -0.3 is 5.11 Å². The third-order valence-electron chi connectivity index (χ3n) is 2.58. The summed E-state index contributed by atoms with van der Waals surface area (Å²) in [6, 6.07) is 0. The van der Waals surface area contributed by atoms with Crippen molar-refractivity contribution in [3.63, 3.8) is 0 Å². The van der Waals surface area contributed by atoms with Crippen LogP contribution in [-0.2, 0) is 0 Å². The molecule has 78 valence electrons. The maximum absolute atomic E-state index is 9.67. The molecule has 0 atom stereocenters. The van der Waals surface area contributed by atoms with Crippen molar-refractivity contribution in [3.05, 3.63) is 35.6 Å². The van der Waals surface area contributed by atoms with Gasteiger partial charge in [0.2, 0.25) is 0 Å². The van der Waals surface area contributed by atoms with Crippen molar-refractivity contribution in [3.8, 4) is 0 Å². The van der Waals surface area contributed by atoms with E-state index in [4.69, 9.17) is 0 Å². The predicted molar refractivity (Wildman–Crippen MR) is 61.3 cm³/mol. The molecule has 0 saturated heterocycles. The van der Waals surface area contributed by atoms with Gasteiger partial charge in [-0.3, -0.25) is 0 Å². The van der Waals surface area contributed by atoms with Crippen LogP contribution in [0.25, 0.3) is 0 Å². The minimum atomic E-state index is 0.551. The molecule has 0 saturated carbocycles. The Morgan fingerprint density at radius 2 is 1.86 bits per heavy atom. The lowest BCUT2D eigenvalue weighted by Crippen LogP contribution is -1.87. The molecule has 0 aromatic carbocycles. The second-order valence-corrected chi connectivity index (χ2v) is 3.87. The quantitative estimate of drug-likeness (QED) is 0.607. The highest BCUT2D eigenvalue weighted by molar-refractivity contribution is 5.22. The average molecular weight is 192 g/mol. The van der Waals surface area contributed by atoms with Gasteiger partial charge in [-0.05, 0) is 31.8 Å². The first-order chi connectivity index (χ1) is 6.80. The highest BCUT2D eigenvalue weighted by atomic mass is 16.3. The van der Waals surface area contributed by atoms with E-state index in [0.717, 1.165) is 18.4 Å². The Morgan fingerprint density at radius 1 is 1.07 bits per heavy atom. The van der Waals surface area contributed by atoms with Crippen molar-refractivity contribution in [2.24, 2.45) is 0 Å². The van der Waals surface area contributed by atoms with E-state index < -0.39 is 0 Å². The maximum Gasteiger partial charge on any atom is 0.0951 e. The largest absolute Gasteiger partial charge is 0.512 e. The number of hydrogen-bond donors (Lipinski definition) is 1. The van der Waals surface area contributed by atoms with Gasteiger partial charge in [-0.15, -0.1) is 0 Å². The highest BCUT2D eigenvalue weighted by Crippen LogP contribution is 2.14. The molecular weight excluding hydrogens is 172 g/mol. The third kappa shape index (κ3) is 4.31. The fourth-order valence-electron chi connectivity index (χ4n) is 1.58. The van der Waals surface area contributed by atoms with Gasteiger partial charge in [-0.1, -0.05) is 37.1 Å². The molecule has 0 bridgehead atoms. The summed E-state index contributed by atoms with van der Waals surface area (Å²) in [5, 5.41) is 9.67. The predicted octanol–water partition coefficient (Wildman–Crippen LogP) is 4.29. The molecule has 1 aliphatic rings. The number of rotatable bonds is 0. The van der Waals surface area contributed by atoms with Crippen LogP contribution in [-0.4, -0.2) is 5.11 Å². The zero-order valence-electron chi connectivity index (χ0n) is 9.00. The molecule has 0 fully saturated rings. The standard InChI is InChI=1S/C13H20O/c1-12-10-8-6-4-2-3-5-7-9-11-13(12)14/h4,6,8,10,14H,2-3,5,7,9,11H2,1H3/b6-4+,10-8?,13-12?. The van der Waals surface area contributed by atoms with Gasteiger partial charge in [0.25, 0.3) is 0 Å². The lowest BCUT2D eigenvalue weighted by Gasteiger charge is -2.03. The van der Waals surface area contributed by atoms with Crippen LogP contribution in [0.4, 0.5) is 0 Å². The molecule has 14 heavy (non-hydrogen) atoms. The number of hydrogen-bond acceptors (Lipinski definition) is 1. The zero-order valence-corrected chi connectivity index (χ0v) is 9.00. The number of allylic oxidation sites excluding steroid dienone is 6. The van der Waals surface area contributed by atoms with E-state index in [-0.39, 0.29) is 0 Å². The van der Waals surface area contributed by atoms with E-state index in [2.05, 4.69) is 12.2 Å². The Hall–Kier alpha value is -0.980. The molecular formula is C13H20O. The van der Waals surface area contributed by atoms with E-state index in [1.54, 1.807) is 0 Å². The summed E-state index contributed by atoms with van der Waals surface area (Å²) in [6.07, 6.45) is 15.2. The maximum atomic E-state index is 9.67. The number of aliphatic hydroxyl groups is 1. The van der Waals surface area contributed by atoms with E-state index >= 15 is 0 Å². The topological polar surface area (TPSA) is 20.2 Å². The van der Waals surface area contributed by atoms with Crippen molar-refractivity contribution >= 4 is 0 Å². The fraction of sp³-hybridized carbons (Fsp3) is 0.538. The minimum absolute atomic E-state index is 0.551. The smallest absolute Gasteiger partial charge is 0.0951 e. The van der Waals surface area contributed by atoms with E-state index in [0.29, 0.717) is 5.76 Å². The summed E-state index contributed by atoms with van der Waals surface area (Å²) in [7, 11) is 0. The van der Waals surface area contributed by atoms with Gasteiger partial charge in [-0.2, -0.15) is 0 Å². The molecule has 1 N–H and O–H groups in total. The molecule has 1 heteroatoms. The summed E-state index contributed by atoms with van der Waals surface area (Å²) in [4.78, 5) is 0. The molecule has 0 heterocycles. The van der Waals surface area contributed by atoms with Crippen LogP contribution < -0.4 is 0 Å². The Kier molecular flexibility index (Phi) is 5.13. The van der Waals surface area contributed by atoms with Gasteiger partial charge in [0, 0.05) is 6.42 Å². The first-order valence-corrected chi connectivity index (χ1v) is 5.52. The zero-order chi connectivity index (χ0) is 10.2. The highest BCUT2D eigenvalue weighted by Gasteiger charge is 1.98. The van der Waals surface area contributed by atoms with Crippen LogP contribution in [0.2, 0.25) is 0 Å². The molecule has 0 amide bonds. The Bertz CT molecular complexity index is 246. The summed E-state index contributed by atoms with van der Waals surface area (Å²) in [6.45, 7) is 1.96. The molecule has 0 spiro atoms. The molecule has 1 aliphatic carbocycles. The van der Waals surface area contributed by atoms with Crippen LogP contribution >= 0.6 is 0 Å². The summed E-state index contributed by atoms with van der Waals surface area (Å²) < 4.78 is 0. The first kappa shape index (κ1) is 11.1. The second-order valence-electron chi connectivity index (χ2n) is 3.87. The summed E-state index contributed by atoms with van der Waals surface area (Å²) in [5.41, 5.74) is 0.996. The van der Waals surface area contributed by atoms with E-state index in [1.807, 2.05) is 19.1 Å². The van der Waals surface area contributed by atoms with Crippen LogP contribution in [0.15, 0.2) is 35.6 Å². The Balaban J connectivity index is 2.61. The summed E-state index contributed by atoms with van der Waals surface area (Å²) in [5.74, 6) is 0.551. The SMILES string of the molecule is CC1=C(O)CCCCCC/C=C/C=C1. The molecule has 0 radical (unpaired) electrons. The van der Waals surface area contributed by atoms with Gasteiger partial charge >= 0.3 is 0 Å². The average Bonchev–Trinajstić information content (AvgIpc) is 2.18. The van der Waals surface area contributed by atoms with Gasteiger partial charge in [-0.25, -0.2) is 0 Å². The van der Waals surface area contributed by atoms with Crippen molar-refractivity contribution in [2.45, 2.75) is 45.4 Å². The normalized spacial score (nSPS) is 22.6. The van der Waals surface area contributed by atoms with Gasteiger partial charge in [0.1, 0.15) is 0 Å². The molecule has 0 unspecified atom stereocenters. The van der Waals surface area contributed by atoms with Crippen LogP contribution in [0, 0.1) is 0 Å². The minimum Gasteiger partial charge on any atom is -0.512 e. The lowest BCUT2D eigenvalue weighted by molar-refractivity contribution is 0.375. The monoisotopic (exact) mass is 192 g/mol. The van der Waals surface area contributed by atoms with Crippen LogP contribution in [0.3, 0.4) is 0 Å². The molecule has 1 rings (SSSR count). The van der Waals surface area contributed by atoms with E-state index in [1.165, 1.54) is 25.7 Å². The van der Waals surface area contributed by atoms with Crippen molar-refractivity contribution < 1.29 is 5.11 Å². The molecule has 1 nitrogen and oxygen atoms in total. The molecule has 0 aliphatic heterocycles. The first-order valence-electron chi connectivity index (χ1n) is 5.52. The van der Waals surface area contributed by atoms with Crippen molar-refractivity contribution in [2.75, 3.05) is 0 Å². The van der Waals surface area contributed by atoms with Crippen LogP contribution in [0.1, 0.15) is 45.4 Å². The fourth-order valence-corrected chi connectivity index (χ4v) is 1.58.